The van der Waals surface area contributed by atoms with Crippen molar-refractivity contribution in [3.05, 3.63) is 29.8 Å². The fourth-order valence-electron chi connectivity index (χ4n) is 3.13. The van der Waals surface area contributed by atoms with E-state index < -0.39 is 0 Å². The van der Waals surface area contributed by atoms with E-state index in [1.165, 1.54) is 0 Å². The van der Waals surface area contributed by atoms with Gasteiger partial charge in [-0.05, 0) is 29.5 Å². The summed E-state index contributed by atoms with van der Waals surface area (Å²) < 4.78 is 5.19. The van der Waals surface area contributed by atoms with Crippen LogP contribution in [0.25, 0.3) is 0 Å². The first kappa shape index (κ1) is 15.1. The molecule has 1 aromatic rings. The summed E-state index contributed by atoms with van der Waals surface area (Å²) in [5, 5.41) is 3.39. The van der Waals surface area contributed by atoms with Crippen molar-refractivity contribution in [3.63, 3.8) is 0 Å². The first-order valence-corrected chi connectivity index (χ1v) is 6.87. The molecule has 2 atom stereocenters. The highest BCUT2D eigenvalue weighted by molar-refractivity contribution is 5.85. The zero-order chi connectivity index (χ0) is 13.2. The first-order valence-electron chi connectivity index (χ1n) is 6.87. The summed E-state index contributed by atoms with van der Waals surface area (Å²) in [7, 11) is 1.65. The molecule has 0 aromatic heterocycles. The van der Waals surface area contributed by atoms with Gasteiger partial charge in [0.15, 0.2) is 0 Å². The quantitative estimate of drug-likeness (QED) is 0.915. The number of likely N-dealkylation sites (tertiary alicyclic amines) is 1. The van der Waals surface area contributed by atoms with Crippen LogP contribution in [0.15, 0.2) is 24.3 Å². The Morgan fingerprint density at radius 1 is 1.35 bits per heavy atom. The molecule has 4 nitrogen and oxygen atoms in total. The Bertz CT molecular complexity index is 469. The summed E-state index contributed by atoms with van der Waals surface area (Å²) in [6.07, 6.45) is 0.476. The highest BCUT2D eigenvalue weighted by atomic mass is 35.5. The number of benzene rings is 1. The molecule has 0 unspecified atom stereocenters. The molecule has 20 heavy (non-hydrogen) atoms. The van der Waals surface area contributed by atoms with Gasteiger partial charge in [-0.1, -0.05) is 12.1 Å². The molecule has 1 N–H and O–H groups in total. The normalized spacial score (nSPS) is 24.1. The molecule has 0 radical (unpaired) electrons. The van der Waals surface area contributed by atoms with E-state index in [0.29, 0.717) is 18.3 Å². The van der Waals surface area contributed by atoms with Gasteiger partial charge in [-0.3, -0.25) is 4.79 Å². The number of carbonyl (C=O) groups is 1. The summed E-state index contributed by atoms with van der Waals surface area (Å²) >= 11 is 0. The van der Waals surface area contributed by atoms with Crippen molar-refractivity contribution < 1.29 is 9.53 Å². The summed E-state index contributed by atoms with van der Waals surface area (Å²) in [4.78, 5) is 14.3. The lowest BCUT2D eigenvalue weighted by molar-refractivity contribution is -0.129. The molecule has 5 heteroatoms. The standard InChI is InChI=1S/C15H20N2O2.ClH/c1-19-14-4-2-3-11(5-14)6-15(18)17-9-12-7-16-8-13(12)10-17;/h2-5,12-13,16H,6-10H2,1H3;1H/t12-,13+;. The summed E-state index contributed by atoms with van der Waals surface area (Å²) in [6.45, 7) is 3.96. The minimum atomic E-state index is 0. The Kier molecular flexibility index (Phi) is 4.89. The molecule has 0 bridgehead atoms. The van der Waals surface area contributed by atoms with Crippen molar-refractivity contribution in [3.8, 4) is 5.75 Å². The van der Waals surface area contributed by atoms with Gasteiger partial charge in [0.05, 0.1) is 13.5 Å². The maximum atomic E-state index is 12.3. The van der Waals surface area contributed by atoms with Crippen LogP contribution < -0.4 is 10.1 Å². The number of ether oxygens (including phenoxy) is 1. The number of halogens is 1. The van der Waals surface area contributed by atoms with Gasteiger partial charge in [0.1, 0.15) is 5.75 Å². The maximum absolute atomic E-state index is 12.3. The summed E-state index contributed by atoms with van der Waals surface area (Å²) in [5.41, 5.74) is 1.03. The highest BCUT2D eigenvalue weighted by Gasteiger charge is 2.37. The van der Waals surface area contributed by atoms with E-state index >= 15 is 0 Å². The number of hydrogen-bond donors (Lipinski definition) is 1. The number of rotatable bonds is 3. The Morgan fingerprint density at radius 3 is 2.70 bits per heavy atom. The number of nitrogens with zero attached hydrogens (tertiary/aromatic N) is 1. The van der Waals surface area contributed by atoms with Crippen molar-refractivity contribution >= 4 is 18.3 Å². The van der Waals surface area contributed by atoms with Crippen LogP contribution in [0.1, 0.15) is 5.56 Å². The van der Waals surface area contributed by atoms with Gasteiger partial charge in [-0.15, -0.1) is 12.4 Å². The second-order valence-corrected chi connectivity index (χ2v) is 5.51. The predicted molar refractivity (Wildman–Crippen MR) is 80.4 cm³/mol. The fraction of sp³-hybridized carbons (Fsp3) is 0.533. The van der Waals surface area contributed by atoms with Crippen LogP contribution in [-0.2, 0) is 11.2 Å². The molecule has 0 saturated carbocycles. The molecule has 2 heterocycles. The number of amides is 1. The lowest BCUT2D eigenvalue weighted by Crippen LogP contribution is -2.32. The second-order valence-electron chi connectivity index (χ2n) is 5.51. The van der Waals surface area contributed by atoms with Gasteiger partial charge in [-0.2, -0.15) is 0 Å². The van der Waals surface area contributed by atoms with Crippen LogP contribution in [0.2, 0.25) is 0 Å². The monoisotopic (exact) mass is 296 g/mol. The molecule has 0 aliphatic carbocycles. The molecule has 110 valence electrons. The van der Waals surface area contributed by atoms with Gasteiger partial charge in [0, 0.05) is 26.2 Å². The van der Waals surface area contributed by atoms with E-state index in [-0.39, 0.29) is 18.3 Å². The number of methoxy groups -OCH3 is 1. The third-order valence-corrected chi connectivity index (χ3v) is 4.23. The van der Waals surface area contributed by atoms with Crippen LogP contribution >= 0.6 is 12.4 Å². The average molecular weight is 297 g/mol. The third-order valence-electron chi connectivity index (χ3n) is 4.23. The predicted octanol–water partition coefficient (Wildman–Crippen LogP) is 1.34. The molecule has 0 spiro atoms. The van der Waals surface area contributed by atoms with Crippen molar-refractivity contribution in [2.75, 3.05) is 33.3 Å². The number of fused-ring (bicyclic) bond motifs is 1. The molecule has 2 aliphatic rings. The van der Waals surface area contributed by atoms with E-state index in [1.54, 1.807) is 7.11 Å². The Labute approximate surface area is 125 Å². The number of nitrogens with one attached hydrogen (secondary N) is 1. The maximum Gasteiger partial charge on any atom is 0.227 e. The van der Waals surface area contributed by atoms with Crippen LogP contribution in [0.5, 0.6) is 5.75 Å². The van der Waals surface area contributed by atoms with E-state index in [1.807, 2.05) is 29.2 Å². The van der Waals surface area contributed by atoms with E-state index in [4.69, 9.17) is 4.74 Å². The van der Waals surface area contributed by atoms with Crippen LogP contribution in [-0.4, -0.2) is 44.1 Å². The van der Waals surface area contributed by atoms with Crippen LogP contribution in [0.4, 0.5) is 0 Å². The fourth-order valence-corrected chi connectivity index (χ4v) is 3.13. The minimum absolute atomic E-state index is 0. The molecular weight excluding hydrogens is 276 g/mol. The van der Waals surface area contributed by atoms with E-state index in [9.17, 15) is 4.79 Å². The van der Waals surface area contributed by atoms with Crippen molar-refractivity contribution in [1.82, 2.24) is 10.2 Å². The van der Waals surface area contributed by atoms with Crippen molar-refractivity contribution in [1.29, 1.82) is 0 Å². The van der Waals surface area contributed by atoms with E-state index in [0.717, 1.165) is 37.5 Å². The lowest BCUT2D eigenvalue weighted by atomic mass is 10.0. The smallest absolute Gasteiger partial charge is 0.227 e. The largest absolute Gasteiger partial charge is 0.497 e. The minimum Gasteiger partial charge on any atom is -0.497 e. The molecule has 2 fully saturated rings. The number of hydrogen-bond acceptors (Lipinski definition) is 3. The Morgan fingerprint density at radius 2 is 2.05 bits per heavy atom. The number of carbonyl (C=O) groups excluding carboxylic acids is 1. The van der Waals surface area contributed by atoms with Crippen LogP contribution in [0.3, 0.4) is 0 Å². The lowest BCUT2D eigenvalue weighted by Gasteiger charge is -2.17. The SMILES string of the molecule is COc1cccc(CC(=O)N2C[C@H]3CNC[C@H]3C2)c1.Cl. The van der Waals surface area contributed by atoms with E-state index in [2.05, 4.69) is 5.32 Å². The molecule has 2 aliphatic heterocycles. The van der Waals surface area contributed by atoms with Gasteiger partial charge in [0.2, 0.25) is 5.91 Å². The topological polar surface area (TPSA) is 41.6 Å². The Hall–Kier alpha value is -1.26. The summed E-state index contributed by atoms with van der Waals surface area (Å²) in [5.74, 6) is 2.37. The van der Waals surface area contributed by atoms with Gasteiger partial charge < -0.3 is 15.0 Å². The zero-order valence-corrected chi connectivity index (χ0v) is 12.5. The summed E-state index contributed by atoms with van der Waals surface area (Å²) in [6, 6.07) is 7.76. The molecule has 1 amide bonds. The highest BCUT2D eigenvalue weighted by Crippen LogP contribution is 2.26. The Balaban J connectivity index is 0.00000147. The van der Waals surface area contributed by atoms with Crippen molar-refractivity contribution in [2.24, 2.45) is 11.8 Å². The first-order chi connectivity index (χ1) is 9.26. The zero-order valence-electron chi connectivity index (χ0n) is 11.7. The van der Waals surface area contributed by atoms with Gasteiger partial charge >= 0.3 is 0 Å². The molecule has 3 rings (SSSR count). The van der Waals surface area contributed by atoms with Crippen molar-refractivity contribution in [2.45, 2.75) is 6.42 Å². The third kappa shape index (κ3) is 3.07. The molecule has 1 aromatic carbocycles. The van der Waals surface area contributed by atoms with Crippen LogP contribution in [0, 0.1) is 11.8 Å². The van der Waals surface area contributed by atoms with Gasteiger partial charge in [0.25, 0.3) is 0 Å². The molecular formula is C15H21ClN2O2. The van der Waals surface area contributed by atoms with Gasteiger partial charge in [-0.25, -0.2) is 0 Å². The molecule has 2 saturated heterocycles. The second kappa shape index (κ2) is 6.46. The average Bonchev–Trinajstić information content (AvgIpc) is 2.99.